The summed E-state index contributed by atoms with van der Waals surface area (Å²) in [4.78, 5) is 6.62. The van der Waals surface area contributed by atoms with Crippen LogP contribution in [0.5, 0.6) is 0 Å². The summed E-state index contributed by atoms with van der Waals surface area (Å²) in [5.74, 6) is 0.803. The lowest BCUT2D eigenvalue weighted by Crippen LogP contribution is -2.44. The average Bonchev–Trinajstić information content (AvgIpc) is 3.23. The van der Waals surface area contributed by atoms with Crippen molar-refractivity contribution in [3.05, 3.63) is 47.2 Å². The van der Waals surface area contributed by atoms with Crippen LogP contribution >= 0.6 is 11.6 Å². The second kappa shape index (κ2) is 7.37. The number of halogens is 1. The predicted octanol–water partition coefficient (Wildman–Crippen LogP) is 2.01. The Morgan fingerprint density at radius 2 is 2.39 bits per heavy atom. The second-order valence-electron chi connectivity index (χ2n) is 5.56. The highest BCUT2D eigenvalue weighted by Crippen LogP contribution is 2.23. The summed E-state index contributed by atoms with van der Waals surface area (Å²) in [5, 5.41) is 14.4. The zero-order chi connectivity index (χ0) is 16.1. The van der Waals surface area contributed by atoms with Gasteiger partial charge in [-0.05, 0) is 30.7 Å². The number of benzene rings is 1. The first-order valence-corrected chi connectivity index (χ1v) is 8.08. The number of rotatable bonds is 4. The average molecular weight is 333 g/mol. The van der Waals surface area contributed by atoms with Crippen LogP contribution in [0, 0.1) is 0 Å². The van der Waals surface area contributed by atoms with Crippen molar-refractivity contribution in [3.63, 3.8) is 0 Å². The summed E-state index contributed by atoms with van der Waals surface area (Å²) in [6.45, 7) is 2.62. The molecule has 1 aromatic carbocycles. The Balaban J connectivity index is 1.52. The van der Waals surface area contributed by atoms with Gasteiger partial charge in [-0.25, -0.2) is 0 Å². The highest BCUT2D eigenvalue weighted by atomic mass is 35.5. The summed E-state index contributed by atoms with van der Waals surface area (Å²) in [6.07, 6.45) is 2.81. The number of guanidine groups is 1. The minimum atomic E-state index is 0.363. The molecule has 0 saturated carbocycles. The molecule has 1 aliphatic rings. The fraction of sp³-hybridized carbons (Fsp3) is 0.375. The monoisotopic (exact) mass is 332 g/mol. The van der Waals surface area contributed by atoms with Gasteiger partial charge in [-0.15, -0.1) is 0 Å². The number of nitrogens with one attached hydrogen (secondary N) is 3. The number of H-pyrrole nitrogens is 1. The summed E-state index contributed by atoms with van der Waals surface area (Å²) in [5.41, 5.74) is 2.20. The van der Waals surface area contributed by atoms with Crippen LogP contribution in [0.3, 0.4) is 0 Å². The van der Waals surface area contributed by atoms with Gasteiger partial charge in [-0.1, -0.05) is 17.7 Å². The summed E-state index contributed by atoms with van der Waals surface area (Å²) in [7, 11) is 1.78. The number of aromatic nitrogens is 2. The molecule has 3 N–H and O–H groups in total. The Morgan fingerprint density at radius 1 is 1.48 bits per heavy atom. The van der Waals surface area contributed by atoms with Crippen LogP contribution in [0.1, 0.15) is 12.1 Å². The number of aliphatic imine (C=N–C) groups is 1. The predicted molar refractivity (Wildman–Crippen MR) is 94.0 cm³/mol. The molecule has 1 atom stereocenters. The van der Waals surface area contributed by atoms with Crippen molar-refractivity contribution in [2.75, 3.05) is 25.0 Å². The van der Waals surface area contributed by atoms with E-state index >= 15 is 0 Å². The van der Waals surface area contributed by atoms with Crippen molar-refractivity contribution in [2.45, 2.75) is 19.0 Å². The SMILES string of the molecule is CN=C(NCc1ccn[nH]1)NC1CCN(c2cccc(Cl)c2)C1. The van der Waals surface area contributed by atoms with Crippen molar-refractivity contribution < 1.29 is 0 Å². The highest BCUT2D eigenvalue weighted by Gasteiger charge is 2.23. The molecular weight excluding hydrogens is 312 g/mol. The molecule has 7 heteroatoms. The van der Waals surface area contributed by atoms with E-state index < -0.39 is 0 Å². The molecule has 0 radical (unpaired) electrons. The Kier molecular flexibility index (Phi) is 5.02. The number of nitrogens with zero attached hydrogens (tertiary/aromatic N) is 3. The molecule has 2 heterocycles. The molecule has 3 rings (SSSR count). The highest BCUT2D eigenvalue weighted by molar-refractivity contribution is 6.30. The maximum absolute atomic E-state index is 6.08. The molecule has 0 amide bonds. The molecule has 0 spiro atoms. The van der Waals surface area contributed by atoms with E-state index in [1.165, 1.54) is 5.69 Å². The summed E-state index contributed by atoms with van der Waals surface area (Å²) in [6, 6.07) is 10.3. The zero-order valence-corrected chi connectivity index (χ0v) is 13.8. The first kappa shape index (κ1) is 15.7. The van der Waals surface area contributed by atoms with E-state index in [0.717, 1.165) is 36.2 Å². The van der Waals surface area contributed by atoms with E-state index in [2.05, 4.69) is 36.8 Å². The topological polar surface area (TPSA) is 68.3 Å². The molecule has 0 aliphatic carbocycles. The fourth-order valence-corrected chi connectivity index (χ4v) is 2.92. The Morgan fingerprint density at radius 3 is 3.13 bits per heavy atom. The van der Waals surface area contributed by atoms with Crippen molar-refractivity contribution in [1.29, 1.82) is 0 Å². The van der Waals surface area contributed by atoms with E-state index in [1.54, 1.807) is 13.2 Å². The molecule has 1 fully saturated rings. The van der Waals surface area contributed by atoms with Gasteiger partial charge in [0.15, 0.2) is 5.96 Å². The van der Waals surface area contributed by atoms with Gasteiger partial charge in [0.2, 0.25) is 0 Å². The molecule has 1 saturated heterocycles. The Labute approximate surface area is 140 Å². The smallest absolute Gasteiger partial charge is 0.191 e. The zero-order valence-electron chi connectivity index (χ0n) is 13.1. The molecule has 6 nitrogen and oxygen atoms in total. The standard InChI is InChI=1S/C16H21ClN6/c1-18-16(19-10-13-5-7-20-22-13)21-14-6-8-23(11-14)15-4-2-3-12(17)9-15/h2-5,7,9,14H,6,8,10-11H2,1H3,(H,20,22)(H2,18,19,21). The summed E-state index contributed by atoms with van der Waals surface area (Å²) < 4.78 is 0. The van der Waals surface area contributed by atoms with Gasteiger partial charge in [0.25, 0.3) is 0 Å². The van der Waals surface area contributed by atoms with Gasteiger partial charge in [-0.3, -0.25) is 10.1 Å². The second-order valence-corrected chi connectivity index (χ2v) is 6.00. The molecule has 0 bridgehead atoms. The number of hydrogen-bond donors (Lipinski definition) is 3. The Hall–Kier alpha value is -2.21. The minimum absolute atomic E-state index is 0.363. The minimum Gasteiger partial charge on any atom is -0.369 e. The van der Waals surface area contributed by atoms with Crippen molar-refractivity contribution in [2.24, 2.45) is 4.99 Å². The van der Waals surface area contributed by atoms with Crippen molar-refractivity contribution in [3.8, 4) is 0 Å². The maximum atomic E-state index is 6.08. The van der Waals surface area contributed by atoms with Crippen LogP contribution in [0.2, 0.25) is 5.02 Å². The first-order chi connectivity index (χ1) is 11.2. The molecule has 1 aromatic heterocycles. The fourth-order valence-electron chi connectivity index (χ4n) is 2.74. The molecule has 1 unspecified atom stereocenters. The van der Waals surface area contributed by atoms with E-state index in [1.807, 2.05) is 24.3 Å². The quantitative estimate of drug-likeness (QED) is 0.592. The van der Waals surface area contributed by atoms with Gasteiger partial charge in [0.1, 0.15) is 0 Å². The molecule has 1 aliphatic heterocycles. The largest absolute Gasteiger partial charge is 0.369 e. The molecular formula is C16H21ClN6. The Bertz CT molecular complexity index is 654. The van der Waals surface area contributed by atoms with Gasteiger partial charge in [0.05, 0.1) is 12.2 Å². The van der Waals surface area contributed by atoms with Gasteiger partial charge in [-0.2, -0.15) is 5.10 Å². The van der Waals surface area contributed by atoms with Crippen LogP contribution < -0.4 is 15.5 Å². The number of anilines is 1. The number of hydrogen-bond acceptors (Lipinski definition) is 3. The normalized spacial score (nSPS) is 18.3. The van der Waals surface area contributed by atoms with E-state index in [0.29, 0.717) is 12.6 Å². The third kappa shape index (κ3) is 4.16. The molecule has 122 valence electrons. The van der Waals surface area contributed by atoms with E-state index in [9.17, 15) is 0 Å². The van der Waals surface area contributed by atoms with Gasteiger partial charge < -0.3 is 15.5 Å². The first-order valence-electron chi connectivity index (χ1n) is 7.70. The van der Waals surface area contributed by atoms with Gasteiger partial charge >= 0.3 is 0 Å². The number of aromatic amines is 1. The maximum Gasteiger partial charge on any atom is 0.191 e. The lowest BCUT2D eigenvalue weighted by molar-refractivity contribution is 0.647. The van der Waals surface area contributed by atoms with Crippen LogP contribution in [-0.4, -0.2) is 42.3 Å². The van der Waals surface area contributed by atoms with E-state index in [-0.39, 0.29) is 0 Å². The third-order valence-corrected chi connectivity index (χ3v) is 4.17. The molecule has 23 heavy (non-hydrogen) atoms. The van der Waals surface area contributed by atoms with Crippen LogP contribution in [-0.2, 0) is 6.54 Å². The van der Waals surface area contributed by atoms with Crippen LogP contribution in [0.25, 0.3) is 0 Å². The molecule has 2 aromatic rings. The van der Waals surface area contributed by atoms with Crippen LogP contribution in [0.15, 0.2) is 41.5 Å². The van der Waals surface area contributed by atoms with E-state index in [4.69, 9.17) is 11.6 Å². The third-order valence-electron chi connectivity index (χ3n) is 3.93. The lowest BCUT2D eigenvalue weighted by Gasteiger charge is -2.20. The van der Waals surface area contributed by atoms with Crippen LogP contribution in [0.4, 0.5) is 5.69 Å². The summed E-state index contributed by atoms with van der Waals surface area (Å²) >= 11 is 6.08. The lowest BCUT2D eigenvalue weighted by atomic mass is 10.2. The van der Waals surface area contributed by atoms with Crippen molar-refractivity contribution in [1.82, 2.24) is 20.8 Å². The van der Waals surface area contributed by atoms with Gasteiger partial charge in [0, 0.05) is 43.1 Å². The van der Waals surface area contributed by atoms with Crippen molar-refractivity contribution >= 4 is 23.2 Å².